The average Bonchev–Trinajstić information content (AvgIpc) is 3.07. The van der Waals surface area contributed by atoms with Gasteiger partial charge in [-0.25, -0.2) is 4.39 Å². The molecule has 1 aliphatic heterocycles. The zero-order chi connectivity index (χ0) is 17.8. The van der Waals surface area contributed by atoms with Gasteiger partial charge >= 0.3 is 0 Å². The van der Waals surface area contributed by atoms with Crippen LogP contribution in [0.25, 0.3) is 10.9 Å². The topological polar surface area (TPSA) is 17.4 Å². The van der Waals surface area contributed by atoms with Crippen LogP contribution in [0.4, 0.5) is 4.39 Å². The molecule has 136 valence electrons. The highest BCUT2D eigenvalue weighted by atomic mass is 19.1. The van der Waals surface area contributed by atoms with Gasteiger partial charge in [-0.1, -0.05) is 30.3 Å². The van der Waals surface area contributed by atoms with Gasteiger partial charge in [0.05, 0.1) is 19.8 Å². The van der Waals surface area contributed by atoms with Crippen molar-refractivity contribution in [2.24, 2.45) is 0 Å². The van der Waals surface area contributed by atoms with Gasteiger partial charge in [0.15, 0.2) is 0 Å². The van der Waals surface area contributed by atoms with Crippen molar-refractivity contribution in [2.75, 3.05) is 32.8 Å². The molecule has 0 radical (unpaired) electrons. The van der Waals surface area contributed by atoms with Crippen LogP contribution in [0.15, 0.2) is 54.7 Å². The maximum atomic E-state index is 14.0. The summed E-state index contributed by atoms with van der Waals surface area (Å²) in [6.45, 7) is 5.49. The minimum Gasteiger partial charge on any atom is -0.379 e. The first-order valence-corrected chi connectivity index (χ1v) is 9.41. The molecule has 4 heteroatoms. The van der Waals surface area contributed by atoms with Crippen molar-refractivity contribution in [3.63, 3.8) is 0 Å². The number of benzene rings is 2. The molecule has 4 rings (SSSR count). The largest absolute Gasteiger partial charge is 0.379 e. The summed E-state index contributed by atoms with van der Waals surface area (Å²) in [4.78, 5) is 2.48. The minimum absolute atomic E-state index is 0.143. The molecule has 0 spiro atoms. The fourth-order valence-corrected chi connectivity index (χ4v) is 3.66. The number of aromatic nitrogens is 1. The lowest BCUT2D eigenvalue weighted by molar-refractivity contribution is 0.0375. The molecule has 1 aromatic heterocycles. The minimum atomic E-state index is -0.143. The number of hydrogen-bond acceptors (Lipinski definition) is 2. The summed E-state index contributed by atoms with van der Waals surface area (Å²) in [5.41, 5.74) is 3.25. The van der Waals surface area contributed by atoms with Gasteiger partial charge in [0.2, 0.25) is 0 Å². The highest BCUT2D eigenvalue weighted by Gasteiger charge is 2.10. The Kier molecular flexibility index (Phi) is 5.32. The number of halogens is 1. The second kappa shape index (κ2) is 8.02. The highest BCUT2D eigenvalue weighted by molar-refractivity contribution is 5.81. The van der Waals surface area contributed by atoms with E-state index in [1.165, 1.54) is 22.5 Å². The van der Waals surface area contributed by atoms with Crippen molar-refractivity contribution in [3.8, 4) is 0 Å². The predicted molar refractivity (Wildman–Crippen MR) is 103 cm³/mol. The molecule has 3 aromatic rings. The van der Waals surface area contributed by atoms with E-state index in [0.717, 1.165) is 51.3 Å². The molecule has 1 saturated heterocycles. The molecule has 0 N–H and O–H groups in total. The van der Waals surface area contributed by atoms with Crippen LogP contribution < -0.4 is 0 Å². The van der Waals surface area contributed by atoms with Crippen LogP contribution in [0.3, 0.4) is 0 Å². The van der Waals surface area contributed by atoms with E-state index in [-0.39, 0.29) is 5.82 Å². The molecule has 0 aliphatic carbocycles. The molecular formula is C22H25FN2O. The van der Waals surface area contributed by atoms with Gasteiger partial charge in [0, 0.05) is 30.4 Å². The van der Waals surface area contributed by atoms with E-state index < -0.39 is 0 Å². The van der Waals surface area contributed by atoms with Crippen molar-refractivity contribution in [1.29, 1.82) is 0 Å². The van der Waals surface area contributed by atoms with Gasteiger partial charge in [-0.05, 0) is 48.5 Å². The summed E-state index contributed by atoms with van der Waals surface area (Å²) in [5, 5.41) is 1.21. The summed E-state index contributed by atoms with van der Waals surface area (Å²) in [7, 11) is 0. The molecule has 26 heavy (non-hydrogen) atoms. The average molecular weight is 352 g/mol. The lowest BCUT2D eigenvalue weighted by Crippen LogP contribution is -2.36. The molecule has 1 fully saturated rings. The van der Waals surface area contributed by atoms with E-state index in [2.05, 4.69) is 39.9 Å². The van der Waals surface area contributed by atoms with E-state index in [1.54, 1.807) is 6.07 Å². The van der Waals surface area contributed by atoms with Crippen LogP contribution >= 0.6 is 0 Å². The summed E-state index contributed by atoms with van der Waals surface area (Å²) in [6.07, 6.45) is 4.27. The number of ether oxygens (including phenoxy) is 1. The first-order valence-electron chi connectivity index (χ1n) is 9.41. The van der Waals surface area contributed by atoms with Gasteiger partial charge in [-0.2, -0.15) is 0 Å². The molecule has 0 amide bonds. The van der Waals surface area contributed by atoms with Crippen molar-refractivity contribution in [3.05, 3.63) is 71.7 Å². The number of nitrogens with zero attached hydrogens (tertiary/aromatic N) is 2. The monoisotopic (exact) mass is 352 g/mol. The van der Waals surface area contributed by atoms with Crippen molar-refractivity contribution >= 4 is 10.9 Å². The fourth-order valence-electron chi connectivity index (χ4n) is 3.66. The lowest BCUT2D eigenvalue weighted by atomic mass is 10.1. The van der Waals surface area contributed by atoms with E-state index in [4.69, 9.17) is 4.74 Å². The Balaban J connectivity index is 1.45. The van der Waals surface area contributed by atoms with Gasteiger partial charge in [-0.15, -0.1) is 0 Å². The number of morpholine rings is 1. The molecule has 1 aliphatic rings. The zero-order valence-corrected chi connectivity index (χ0v) is 15.0. The van der Waals surface area contributed by atoms with Crippen LogP contribution in [0, 0.1) is 5.82 Å². The van der Waals surface area contributed by atoms with Crippen LogP contribution in [-0.2, 0) is 17.7 Å². The van der Waals surface area contributed by atoms with Crippen LogP contribution in [-0.4, -0.2) is 42.3 Å². The van der Waals surface area contributed by atoms with Gasteiger partial charge in [0.25, 0.3) is 0 Å². The highest BCUT2D eigenvalue weighted by Crippen LogP contribution is 2.21. The standard InChI is InChI=1S/C22H25FN2O/c23-21-6-2-1-5-20(21)17-25-11-9-19-8-7-18(16-22(19)25)4-3-10-24-12-14-26-15-13-24/h1-2,5-9,11,16H,3-4,10,12-15,17H2. The first-order chi connectivity index (χ1) is 12.8. The maximum absolute atomic E-state index is 14.0. The number of fused-ring (bicyclic) bond motifs is 1. The third kappa shape index (κ3) is 3.97. The molecule has 3 nitrogen and oxygen atoms in total. The smallest absolute Gasteiger partial charge is 0.128 e. The second-order valence-electron chi connectivity index (χ2n) is 6.99. The number of hydrogen-bond donors (Lipinski definition) is 0. The molecule has 0 saturated carbocycles. The van der Waals surface area contributed by atoms with Gasteiger partial charge in [0.1, 0.15) is 5.82 Å². The van der Waals surface area contributed by atoms with Crippen molar-refractivity contribution in [2.45, 2.75) is 19.4 Å². The quantitative estimate of drug-likeness (QED) is 0.665. The summed E-state index contributed by atoms with van der Waals surface area (Å²) >= 11 is 0. The van der Waals surface area contributed by atoms with E-state index in [9.17, 15) is 4.39 Å². The Labute approximate surface area is 154 Å². The predicted octanol–water partition coefficient (Wildman–Crippen LogP) is 4.09. The first kappa shape index (κ1) is 17.3. The van der Waals surface area contributed by atoms with Gasteiger partial charge in [-0.3, -0.25) is 4.90 Å². The Hall–Kier alpha value is -2.17. The lowest BCUT2D eigenvalue weighted by Gasteiger charge is -2.26. The molecule has 2 heterocycles. The Bertz CT molecular complexity index is 867. The number of rotatable bonds is 6. The van der Waals surface area contributed by atoms with Crippen LogP contribution in [0.5, 0.6) is 0 Å². The van der Waals surface area contributed by atoms with Crippen molar-refractivity contribution < 1.29 is 9.13 Å². The molecule has 0 bridgehead atoms. The fraction of sp³-hybridized carbons (Fsp3) is 0.364. The Morgan fingerprint density at radius 1 is 1.00 bits per heavy atom. The van der Waals surface area contributed by atoms with Gasteiger partial charge < -0.3 is 9.30 Å². The van der Waals surface area contributed by atoms with E-state index >= 15 is 0 Å². The van der Waals surface area contributed by atoms with E-state index in [1.807, 2.05) is 12.1 Å². The van der Waals surface area contributed by atoms with Crippen LogP contribution in [0.2, 0.25) is 0 Å². The zero-order valence-electron chi connectivity index (χ0n) is 15.0. The molecule has 2 aromatic carbocycles. The summed E-state index contributed by atoms with van der Waals surface area (Å²) in [5.74, 6) is -0.143. The summed E-state index contributed by atoms with van der Waals surface area (Å²) < 4.78 is 21.5. The molecule has 0 unspecified atom stereocenters. The maximum Gasteiger partial charge on any atom is 0.128 e. The van der Waals surface area contributed by atoms with Crippen LogP contribution in [0.1, 0.15) is 17.5 Å². The van der Waals surface area contributed by atoms with Crippen molar-refractivity contribution in [1.82, 2.24) is 9.47 Å². The van der Waals surface area contributed by atoms with E-state index in [0.29, 0.717) is 6.54 Å². The second-order valence-corrected chi connectivity index (χ2v) is 6.99. The third-order valence-corrected chi connectivity index (χ3v) is 5.18. The molecule has 0 atom stereocenters. The molecular weight excluding hydrogens is 327 g/mol. The Morgan fingerprint density at radius 3 is 2.69 bits per heavy atom. The Morgan fingerprint density at radius 2 is 1.85 bits per heavy atom. The number of aryl methyl sites for hydroxylation is 1. The summed E-state index contributed by atoms with van der Waals surface area (Å²) in [6, 6.07) is 15.8. The SMILES string of the molecule is Fc1ccccc1Cn1ccc2ccc(CCCN3CCOCC3)cc21. The third-order valence-electron chi connectivity index (χ3n) is 5.18. The normalized spacial score (nSPS) is 15.6.